The molecule has 1 N–H and O–H groups in total. The Kier molecular flexibility index (Phi) is 7.26. The highest BCUT2D eigenvalue weighted by molar-refractivity contribution is 6.13. The fraction of sp³-hybridized carbons (Fsp3) is 0.391. The summed E-state index contributed by atoms with van der Waals surface area (Å²) < 4.78 is 0. The van der Waals surface area contributed by atoms with Crippen LogP contribution in [0.1, 0.15) is 50.2 Å². The molecule has 1 aliphatic heterocycles. The number of hydrogen-bond acceptors (Lipinski definition) is 4. The standard InChI is InChI=1S/C23H30N4O2/c1-8-17-15(5)22(25-19(17)10-11-27(28)29)13-23-18(9-2)16(6)21(26-23)12-20(24-7)14(3)4/h9,12-14,25H,2,7-8,10-11H2,1,3-6H3/b20-12-,23-13?. The van der Waals surface area contributed by atoms with Gasteiger partial charge in [0, 0.05) is 27.6 Å². The maximum absolute atomic E-state index is 10.8. The van der Waals surface area contributed by atoms with E-state index in [9.17, 15) is 10.1 Å². The van der Waals surface area contributed by atoms with Crippen LogP contribution in [-0.4, -0.2) is 28.9 Å². The monoisotopic (exact) mass is 394 g/mol. The third kappa shape index (κ3) is 4.88. The van der Waals surface area contributed by atoms with Crippen LogP contribution in [0.4, 0.5) is 0 Å². The molecule has 0 bridgehead atoms. The highest BCUT2D eigenvalue weighted by Gasteiger charge is 2.20. The van der Waals surface area contributed by atoms with E-state index in [1.807, 2.05) is 32.1 Å². The SMILES string of the molecule is C=CC1=C(C)C(/C=C(\N=C)C(C)C)=NC1=Cc1[nH]c(CC[N+](=O)[O-])c(CC)c1C. The largest absolute Gasteiger partial charge is 0.358 e. The average Bonchev–Trinajstić information content (AvgIpc) is 3.13. The van der Waals surface area contributed by atoms with Crippen LogP contribution in [0.15, 0.2) is 51.3 Å². The Labute approximate surface area is 172 Å². The van der Waals surface area contributed by atoms with E-state index in [2.05, 4.69) is 44.0 Å². The number of H-pyrrole nitrogens is 1. The Morgan fingerprint density at radius 3 is 2.59 bits per heavy atom. The number of nitrogens with zero attached hydrogens (tertiary/aromatic N) is 3. The molecule has 0 fully saturated rings. The van der Waals surface area contributed by atoms with Gasteiger partial charge in [0.1, 0.15) is 0 Å². The molecule has 0 atom stereocenters. The Bertz CT molecular complexity index is 956. The first-order chi connectivity index (χ1) is 13.7. The van der Waals surface area contributed by atoms with Crippen molar-refractivity contribution in [2.45, 2.75) is 47.5 Å². The number of nitro groups is 1. The van der Waals surface area contributed by atoms with Crippen molar-refractivity contribution in [3.05, 3.63) is 73.9 Å². The number of rotatable bonds is 9. The second-order valence-electron chi connectivity index (χ2n) is 7.43. The van der Waals surface area contributed by atoms with E-state index in [0.717, 1.165) is 57.2 Å². The minimum absolute atomic E-state index is 0.0838. The Morgan fingerprint density at radius 1 is 1.38 bits per heavy atom. The van der Waals surface area contributed by atoms with Gasteiger partial charge in [-0.15, -0.1) is 0 Å². The lowest BCUT2D eigenvalue weighted by molar-refractivity contribution is -0.479. The van der Waals surface area contributed by atoms with Crippen LogP contribution in [0.5, 0.6) is 0 Å². The summed E-state index contributed by atoms with van der Waals surface area (Å²) in [5, 5.41) is 10.8. The van der Waals surface area contributed by atoms with E-state index in [1.54, 1.807) is 0 Å². The summed E-state index contributed by atoms with van der Waals surface area (Å²) in [7, 11) is 0. The summed E-state index contributed by atoms with van der Waals surface area (Å²) in [5.74, 6) is 0.255. The Balaban J connectivity index is 2.51. The summed E-state index contributed by atoms with van der Waals surface area (Å²) in [4.78, 5) is 22.8. The molecule has 2 heterocycles. The fourth-order valence-electron chi connectivity index (χ4n) is 3.54. The first kappa shape index (κ1) is 22.3. The lowest BCUT2D eigenvalue weighted by atomic mass is 10.0. The molecular weight excluding hydrogens is 364 g/mol. The van der Waals surface area contributed by atoms with Gasteiger partial charge in [0.15, 0.2) is 0 Å². The molecule has 0 unspecified atom stereocenters. The predicted octanol–water partition coefficient (Wildman–Crippen LogP) is 5.24. The van der Waals surface area contributed by atoms with Crippen molar-refractivity contribution >= 4 is 18.5 Å². The highest BCUT2D eigenvalue weighted by atomic mass is 16.6. The second-order valence-corrected chi connectivity index (χ2v) is 7.43. The number of allylic oxidation sites excluding steroid dienone is 4. The number of aromatic amines is 1. The van der Waals surface area contributed by atoms with Gasteiger partial charge >= 0.3 is 0 Å². The molecule has 1 aliphatic rings. The quantitative estimate of drug-likeness (QED) is 0.353. The van der Waals surface area contributed by atoms with Crippen LogP contribution in [0.25, 0.3) is 6.08 Å². The normalized spacial score (nSPS) is 16.0. The maximum atomic E-state index is 10.8. The fourth-order valence-corrected chi connectivity index (χ4v) is 3.54. The van der Waals surface area contributed by atoms with Crippen molar-refractivity contribution in [1.29, 1.82) is 0 Å². The summed E-state index contributed by atoms with van der Waals surface area (Å²) in [6.45, 7) is 17.8. The molecule has 0 aliphatic carbocycles. The van der Waals surface area contributed by atoms with E-state index in [4.69, 9.17) is 4.99 Å². The van der Waals surface area contributed by atoms with Crippen molar-refractivity contribution in [2.75, 3.05) is 6.54 Å². The van der Waals surface area contributed by atoms with Gasteiger partial charge < -0.3 is 4.98 Å². The average molecular weight is 395 g/mol. The Hall–Kier alpha value is -3.02. The third-order valence-electron chi connectivity index (χ3n) is 5.25. The van der Waals surface area contributed by atoms with E-state index >= 15 is 0 Å². The zero-order valence-electron chi connectivity index (χ0n) is 18.0. The summed E-state index contributed by atoms with van der Waals surface area (Å²) in [6, 6.07) is 0. The van der Waals surface area contributed by atoms with Crippen LogP contribution in [0.3, 0.4) is 0 Å². The molecule has 0 radical (unpaired) electrons. The lowest BCUT2D eigenvalue weighted by Gasteiger charge is -2.05. The summed E-state index contributed by atoms with van der Waals surface area (Å²) in [5.41, 5.74) is 8.69. The summed E-state index contributed by atoms with van der Waals surface area (Å²) in [6.07, 6.45) is 7.00. The first-order valence-electron chi connectivity index (χ1n) is 9.88. The summed E-state index contributed by atoms with van der Waals surface area (Å²) >= 11 is 0. The molecule has 29 heavy (non-hydrogen) atoms. The van der Waals surface area contributed by atoms with Crippen LogP contribution < -0.4 is 0 Å². The first-order valence-corrected chi connectivity index (χ1v) is 9.88. The van der Waals surface area contributed by atoms with Gasteiger partial charge in [-0.25, -0.2) is 4.99 Å². The molecule has 0 spiro atoms. The van der Waals surface area contributed by atoms with Crippen molar-refractivity contribution in [2.24, 2.45) is 15.9 Å². The number of hydrogen-bond donors (Lipinski definition) is 1. The van der Waals surface area contributed by atoms with Gasteiger partial charge in [-0.05, 0) is 61.8 Å². The minimum Gasteiger partial charge on any atom is -0.358 e. The van der Waals surface area contributed by atoms with Crippen molar-refractivity contribution in [3.63, 3.8) is 0 Å². The third-order valence-corrected chi connectivity index (χ3v) is 5.25. The zero-order valence-corrected chi connectivity index (χ0v) is 18.0. The molecule has 6 heteroatoms. The lowest BCUT2D eigenvalue weighted by Crippen LogP contribution is -2.05. The predicted molar refractivity (Wildman–Crippen MR) is 121 cm³/mol. The van der Waals surface area contributed by atoms with E-state index in [0.29, 0.717) is 6.42 Å². The molecule has 154 valence electrons. The zero-order chi connectivity index (χ0) is 21.7. The van der Waals surface area contributed by atoms with Gasteiger partial charge in [-0.3, -0.25) is 15.1 Å². The number of nitrogens with one attached hydrogen (secondary N) is 1. The number of aromatic nitrogens is 1. The van der Waals surface area contributed by atoms with Crippen LogP contribution in [0.2, 0.25) is 0 Å². The van der Waals surface area contributed by atoms with Gasteiger partial charge in [0.05, 0.1) is 17.8 Å². The van der Waals surface area contributed by atoms with Crippen molar-refractivity contribution in [1.82, 2.24) is 4.98 Å². The van der Waals surface area contributed by atoms with Crippen molar-refractivity contribution < 1.29 is 4.92 Å². The molecule has 0 saturated heterocycles. The molecule has 1 aromatic heterocycles. The van der Waals surface area contributed by atoms with Crippen LogP contribution in [0, 0.1) is 23.0 Å². The van der Waals surface area contributed by atoms with Gasteiger partial charge in [-0.2, -0.15) is 0 Å². The molecule has 6 nitrogen and oxygen atoms in total. The van der Waals surface area contributed by atoms with E-state index in [1.165, 1.54) is 0 Å². The molecule has 0 amide bonds. The second kappa shape index (κ2) is 9.45. The molecule has 2 rings (SSSR count). The van der Waals surface area contributed by atoms with E-state index in [-0.39, 0.29) is 17.4 Å². The van der Waals surface area contributed by atoms with Gasteiger partial charge in [0.25, 0.3) is 0 Å². The van der Waals surface area contributed by atoms with Crippen LogP contribution >= 0.6 is 0 Å². The van der Waals surface area contributed by atoms with Crippen LogP contribution in [-0.2, 0) is 12.8 Å². The van der Waals surface area contributed by atoms with Crippen molar-refractivity contribution in [3.8, 4) is 0 Å². The molecule has 0 saturated carbocycles. The highest BCUT2D eigenvalue weighted by Crippen LogP contribution is 2.31. The molecule has 0 aromatic carbocycles. The Morgan fingerprint density at radius 2 is 2.07 bits per heavy atom. The molecular formula is C23H30N4O2. The topological polar surface area (TPSA) is 83.6 Å². The smallest absolute Gasteiger partial charge is 0.209 e. The van der Waals surface area contributed by atoms with E-state index < -0.39 is 0 Å². The van der Waals surface area contributed by atoms with Gasteiger partial charge in [0.2, 0.25) is 6.54 Å². The maximum Gasteiger partial charge on any atom is 0.209 e. The minimum atomic E-state index is -0.282. The number of aliphatic imine (C=N–C) groups is 2. The van der Waals surface area contributed by atoms with Gasteiger partial charge in [-0.1, -0.05) is 33.4 Å². The molecule has 1 aromatic rings.